The molecule has 0 radical (unpaired) electrons. The van der Waals surface area contributed by atoms with Crippen molar-refractivity contribution in [3.63, 3.8) is 0 Å². The zero-order valence-electron chi connectivity index (χ0n) is 6.77. The first-order chi connectivity index (χ1) is 6.06. The molecule has 1 aromatic carbocycles. The van der Waals surface area contributed by atoms with Crippen molar-refractivity contribution in [2.24, 2.45) is 0 Å². The fourth-order valence-corrected chi connectivity index (χ4v) is 1.46. The monoisotopic (exact) mass is 213 g/mol. The quantitative estimate of drug-likeness (QED) is 0.674. The summed E-state index contributed by atoms with van der Waals surface area (Å²) in [5, 5.41) is 9.16. The third-order valence-electron chi connectivity index (χ3n) is 1.56. The molecule has 0 atom stereocenters. The van der Waals surface area contributed by atoms with Gasteiger partial charge >= 0.3 is 0 Å². The van der Waals surface area contributed by atoms with Crippen LogP contribution in [0.1, 0.15) is 22.8 Å². The van der Waals surface area contributed by atoms with Crippen LogP contribution in [0.25, 0.3) is 0 Å². The van der Waals surface area contributed by atoms with Gasteiger partial charge < -0.3 is 0 Å². The minimum absolute atomic E-state index is 0.182. The summed E-state index contributed by atoms with van der Waals surface area (Å²) in [7, 11) is 0. The Morgan fingerprint density at radius 3 is 2.46 bits per heavy atom. The van der Waals surface area contributed by atoms with E-state index in [1.165, 1.54) is 19.1 Å². The Bertz CT molecular complexity index is 407. The number of carbonyl (C=O) groups excluding carboxylic acids is 1. The molecule has 0 spiro atoms. The number of hydrogen-bond donors (Lipinski definition) is 0. The maximum Gasteiger partial charge on any atom is 0.161 e. The lowest BCUT2D eigenvalue weighted by molar-refractivity contribution is 0.101. The third-order valence-corrected chi connectivity index (χ3v) is 2.18. The Hall–Kier alpha value is -1.04. The van der Waals surface area contributed by atoms with Crippen molar-refractivity contribution >= 4 is 29.0 Å². The highest BCUT2D eigenvalue weighted by Gasteiger charge is 2.09. The number of ketones is 1. The minimum atomic E-state index is -0.182. The van der Waals surface area contributed by atoms with Gasteiger partial charge in [-0.05, 0) is 19.1 Å². The van der Waals surface area contributed by atoms with E-state index in [0.29, 0.717) is 5.56 Å². The third kappa shape index (κ3) is 2.00. The van der Waals surface area contributed by atoms with E-state index < -0.39 is 0 Å². The Kier molecular flexibility index (Phi) is 2.92. The summed E-state index contributed by atoms with van der Waals surface area (Å²) in [5.74, 6) is -0.182. The molecule has 0 heterocycles. The first kappa shape index (κ1) is 10.0. The average molecular weight is 214 g/mol. The molecule has 2 nitrogen and oxygen atoms in total. The Labute approximate surface area is 85.7 Å². The number of carbonyl (C=O) groups is 1. The number of benzene rings is 1. The normalized spacial score (nSPS) is 9.38. The van der Waals surface area contributed by atoms with Gasteiger partial charge in [-0.25, -0.2) is 0 Å². The maximum absolute atomic E-state index is 11.0. The van der Waals surface area contributed by atoms with E-state index in [2.05, 4.69) is 0 Å². The summed E-state index contributed by atoms with van der Waals surface area (Å²) in [6.45, 7) is 1.39. The number of rotatable bonds is 1. The summed E-state index contributed by atoms with van der Waals surface area (Å²) >= 11 is 11.4. The van der Waals surface area contributed by atoms with Crippen molar-refractivity contribution < 1.29 is 4.79 Å². The summed E-state index contributed by atoms with van der Waals surface area (Å²) in [6.07, 6.45) is 0. The summed E-state index contributed by atoms with van der Waals surface area (Å²) in [4.78, 5) is 11.0. The molecule has 0 bridgehead atoms. The van der Waals surface area contributed by atoms with E-state index in [1.54, 1.807) is 0 Å². The Balaban J connectivity index is 3.41. The SMILES string of the molecule is CC(=O)c1cc(C#N)c(Cl)cc1Cl. The van der Waals surface area contributed by atoms with Gasteiger partial charge in [0.05, 0.1) is 15.6 Å². The van der Waals surface area contributed by atoms with E-state index in [1.807, 2.05) is 6.07 Å². The van der Waals surface area contributed by atoms with Crippen LogP contribution in [0.4, 0.5) is 0 Å². The number of nitrogens with zero attached hydrogens (tertiary/aromatic N) is 1. The highest BCUT2D eigenvalue weighted by molar-refractivity contribution is 6.37. The molecular formula is C9H5Cl2NO. The van der Waals surface area contributed by atoms with E-state index in [4.69, 9.17) is 28.5 Å². The molecule has 0 fully saturated rings. The second-order valence-corrected chi connectivity index (χ2v) is 3.29. The second kappa shape index (κ2) is 3.78. The summed E-state index contributed by atoms with van der Waals surface area (Å²) < 4.78 is 0. The molecule has 0 unspecified atom stereocenters. The minimum Gasteiger partial charge on any atom is -0.294 e. The fourth-order valence-electron chi connectivity index (χ4n) is 0.904. The van der Waals surface area contributed by atoms with Crippen LogP contribution in [0.5, 0.6) is 0 Å². The molecule has 0 aromatic heterocycles. The first-order valence-electron chi connectivity index (χ1n) is 3.46. The van der Waals surface area contributed by atoms with Gasteiger partial charge in [-0.3, -0.25) is 4.79 Å². The Morgan fingerprint density at radius 1 is 1.38 bits per heavy atom. The van der Waals surface area contributed by atoms with Crippen LogP contribution < -0.4 is 0 Å². The predicted octanol–water partition coefficient (Wildman–Crippen LogP) is 3.07. The lowest BCUT2D eigenvalue weighted by atomic mass is 10.1. The topological polar surface area (TPSA) is 40.9 Å². The van der Waals surface area contributed by atoms with Crippen molar-refractivity contribution in [2.75, 3.05) is 0 Å². The van der Waals surface area contributed by atoms with Gasteiger partial charge in [0, 0.05) is 5.56 Å². The maximum atomic E-state index is 11.0. The molecule has 0 amide bonds. The van der Waals surface area contributed by atoms with Gasteiger partial charge in [0.15, 0.2) is 5.78 Å². The molecule has 0 aliphatic carbocycles. The highest BCUT2D eigenvalue weighted by Crippen LogP contribution is 2.25. The van der Waals surface area contributed by atoms with E-state index in [-0.39, 0.29) is 21.4 Å². The molecule has 0 N–H and O–H groups in total. The molecule has 0 saturated carbocycles. The van der Waals surface area contributed by atoms with Crippen molar-refractivity contribution in [1.82, 2.24) is 0 Å². The van der Waals surface area contributed by atoms with Crippen LogP contribution in [-0.2, 0) is 0 Å². The van der Waals surface area contributed by atoms with Crippen LogP contribution in [0.3, 0.4) is 0 Å². The molecular weight excluding hydrogens is 209 g/mol. The standard InChI is InChI=1S/C9H5Cl2NO/c1-5(13)7-2-6(4-12)8(10)3-9(7)11/h2-3H,1H3. The number of nitriles is 1. The zero-order valence-corrected chi connectivity index (χ0v) is 8.28. The summed E-state index contributed by atoms with van der Waals surface area (Å²) in [6, 6.07) is 4.67. The molecule has 0 aliphatic heterocycles. The largest absolute Gasteiger partial charge is 0.294 e. The molecule has 13 heavy (non-hydrogen) atoms. The van der Waals surface area contributed by atoms with Crippen molar-refractivity contribution in [3.05, 3.63) is 33.3 Å². The van der Waals surface area contributed by atoms with Crippen molar-refractivity contribution in [1.29, 1.82) is 5.26 Å². The highest BCUT2D eigenvalue weighted by atomic mass is 35.5. The van der Waals surface area contributed by atoms with Gasteiger partial charge in [0.25, 0.3) is 0 Å². The molecule has 1 aromatic rings. The van der Waals surface area contributed by atoms with E-state index in [9.17, 15) is 4.79 Å². The van der Waals surface area contributed by atoms with Crippen molar-refractivity contribution in [2.45, 2.75) is 6.92 Å². The number of Topliss-reactive ketones (excluding diaryl/α,β-unsaturated/α-hetero) is 1. The first-order valence-corrected chi connectivity index (χ1v) is 4.22. The zero-order chi connectivity index (χ0) is 10.0. The van der Waals surface area contributed by atoms with Crippen LogP contribution in [0.2, 0.25) is 10.0 Å². The van der Waals surface area contributed by atoms with Crippen LogP contribution in [0.15, 0.2) is 12.1 Å². The van der Waals surface area contributed by atoms with Gasteiger partial charge in [0.2, 0.25) is 0 Å². The molecule has 0 saturated heterocycles. The van der Waals surface area contributed by atoms with Crippen LogP contribution in [0, 0.1) is 11.3 Å². The predicted molar refractivity (Wildman–Crippen MR) is 51.2 cm³/mol. The van der Waals surface area contributed by atoms with Crippen molar-refractivity contribution in [3.8, 4) is 6.07 Å². The van der Waals surface area contributed by atoms with Gasteiger partial charge in [0.1, 0.15) is 6.07 Å². The van der Waals surface area contributed by atoms with E-state index >= 15 is 0 Å². The van der Waals surface area contributed by atoms with E-state index in [0.717, 1.165) is 0 Å². The van der Waals surface area contributed by atoms with Crippen LogP contribution >= 0.6 is 23.2 Å². The molecule has 0 aliphatic rings. The second-order valence-electron chi connectivity index (χ2n) is 2.48. The lowest BCUT2D eigenvalue weighted by Crippen LogP contribution is -1.94. The number of halogens is 2. The molecule has 1 rings (SSSR count). The van der Waals surface area contributed by atoms with Gasteiger partial charge in [-0.1, -0.05) is 23.2 Å². The molecule has 4 heteroatoms. The lowest BCUT2D eigenvalue weighted by Gasteiger charge is -2.01. The number of hydrogen-bond acceptors (Lipinski definition) is 2. The van der Waals surface area contributed by atoms with Gasteiger partial charge in [-0.15, -0.1) is 0 Å². The smallest absolute Gasteiger partial charge is 0.161 e. The van der Waals surface area contributed by atoms with Gasteiger partial charge in [-0.2, -0.15) is 5.26 Å². The average Bonchev–Trinajstić information content (AvgIpc) is 2.03. The fraction of sp³-hybridized carbons (Fsp3) is 0.111. The Morgan fingerprint density at radius 2 is 2.00 bits per heavy atom. The molecule has 66 valence electrons. The summed E-state index contributed by atoms with van der Waals surface area (Å²) in [5.41, 5.74) is 0.582. The van der Waals surface area contributed by atoms with Crippen LogP contribution in [-0.4, -0.2) is 5.78 Å².